The van der Waals surface area contributed by atoms with Crippen molar-refractivity contribution in [2.24, 2.45) is 0 Å². The maximum atomic E-state index is 12.4. The predicted octanol–water partition coefficient (Wildman–Crippen LogP) is 3.73. The Balaban J connectivity index is 2.79. The van der Waals surface area contributed by atoms with Crippen molar-refractivity contribution in [1.29, 1.82) is 0 Å². The molecule has 0 aliphatic carbocycles. The van der Waals surface area contributed by atoms with Crippen molar-refractivity contribution >= 4 is 11.8 Å². The number of benzene rings is 1. The lowest BCUT2D eigenvalue weighted by atomic mass is 10.4. The molecule has 0 N–H and O–H groups in total. The minimum atomic E-state index is -5.53. The van der Waals surface area contributed by atoms with Crippen molar-refractivity contribution in [3.63, 3.8) is 0 Å². The largest absolute Gasteiger partial charge is 0.464 e. The quantitative estimate of drug-likeness (QED) is 0.548. The van der Waals surface area contributed by atoms with Crippen LogP contribution in [0.15, 0.2) is 29.2 Å². The molecule has 14 heavy (non-hydrogen) atoms. The lowest BCUT2D eigenvalue weighted by Crippen LogP contribution is -2.32. The molecule has 0 heterocycles. The molecular weight excluding hydrogens is 223 g/mol. The second-order valence-corrected chi connectivity index (χ2v) is 3.54. The van der Waals surface area contributed by atoms with Gasteiger partial charge < -0.3 is 0 Å². The first-order chi connectivity index (χ1) is 6.33. The molecular formula is C8H4F5S. The summed E-state index contributed by atoms with van der Waals surface area (Å²) >= 11 is -0.537. The van der Waals surface area contributed by atoms with Gasteiger partial charge in [-0.25, -0.2) is 0 Å². The van der Waals surface area contributed by atoms with Crippen molar-refractivity contribution in [3.8, 4) is 0 Å². The first-order valence-corrected chi connectivity index (χ1v) is 4.24. The lowest BCUT2D eigenvalue weighted by molar-refractivity contribution is -0.237. The van der Waals surface area contributed by atoms with E-state index in [0.29, 0.717) is 0 Å². The highest BCUT2D eigenvalue weighted by Crippen LogP contribution is 2.47. The van der Waals surface area contributed by atoms with Gasteiger partial charge in [0.25, 0.3) is 0 Å². The highest BCUT2D eigenvalue weighted by atomic mass is 32.2. The molecule has 0 fully saturated rings. The van der Waals surface area contributed by atoms with E-state index in [0.717, 1.165) is 6.07 Å². The molecule has 1 aromatic rings. The number of halogens is 5. The molecule has 0 bridgehead atoms. The van der Waals surface area contributed by atoms with E-state index in [1.807, 2.05) is 0 Å². The smallest absolute Gasteiger partial charge is 0.183 e. The van der Waals surface area contributed by atoms with Gasteiger partial charge in [0, 0.05) is 4.90 Å². The van der Waals surface area contributed by atoms with Gasteiger partial charge in [0.2, 0.25) is 0 Å². The highest BCUT2D eigenvalue weighted by molar-refractivity contribution is 8.00. The molecule has 1 rings (SSSR count). The van der Waals surface area contributed by atoms with Crippen LogP contribution in [-0.4, -0.2) is 11.4 Å². The average molecular weight is 227 g/mol. The molecule has 0 saturated heterocycles. The van der Waals surface area contributed by atoms with Crippen LogP contribution in [0.2, 0.25) is 0 Å². The molecule has 0 unspecified atom stereocenters. The van der Waals surface area contributed by atoms with Crippen molar-refractivity contribution in [3.05, 3.63) is 30.3 Å². The van der Waals surface area contributed by atoms with E-state index in [9.17, 15) is 22.0 Å². The molecule has 0 saturated carbocycles. The lowest BCUT2D eigenvalue weighted by Gasteiger charge is -2.18. The first-order valence-electron chi connectivity index (χ1n) is 3.42. The van der Waals surface area contributed by atoms with Crippen molar-refractivity contribution in [2.45, 2.75) is 16.3 Å². The standard InChI is InChI=1S/C8H4F5S/c9-7(10,11)8(12,13)14-6-4-2-1-3-5-6/h1-2,4-5H. The van der Waals surface area contributed by atoms with Gasteiger partial charge in [-0.05, 0) is 30.0 Å². The number of alkyl halides is 5. The molecule has 0 aromatic heterocycles. The third-order valence-corrected chi connectivity index (χ3v) is 2.23. The maximum Gasteiger partial charge on any atom is 0.464 e. The van der Waals surface area contributed by atoms with Gasteiger partial charge in [-0.3, -0.25) is 0 Å². The molecule has 0 amide bonds. The van der Waals surface area contributed by atoms with Crippen molar-refractivity contribution < 1.29 is 22.0 Å². The fourth-order valence-corrected chi connectivity index (χ4v) is 1.33. The number of hydrogen-bond donors (Lipinski definition) is 0. The third-order valence-electron chi connectivity index (χ3n) is 1.25. The first kappa shape index (κ1) is 11.3. The van der Waals surface area contributed by atoms with Crippen LogP contribution in [0, 0.1) is 6.07 Å². The van der Waals surface area contributed by atoms with Gasteiger partial charge in [-0.1, -0.05) is 12.1 Å². The molecule has 6 heteroatoms. The molecule has 0 aliphatic heterocycles. The summed E-state index contributed by atoms with van der Waals surface area (Å²) in [4.78, 5) is -0.171. The summed E-state index contributed by atoms with van der Waals surface area (Å²) in [6.07, 6.45) is -5.53. The third kappa shape index (κ3) is 2.60. The summed E-state index contributed by atoms with van der Waals surface area (Å²) in [7, 11) is 0. The number of thioether (sulfide) groups is 1. The van der Waals surface area contributed by atoms with Gasteiger partial charge in [-0.2, -0.15) is 22.0 Å². The fourth-order valence-electron chi connectivity index (χ4n) is 0.646. The highest BCUT2D eigenvalue weighted by Gasteiger charge is 2.58. The summed E-state index contributed by atoms with van der Waals surface area (Å²) in [5.41, 5.74) is 0. The Morgan fingerprint density at radius 3 is 2.21 bits per heavy atom. The Morgan fingerprint density at radius 1 is 1.14 bits per heavy atom. The summed E-state index contributed by atoms with van der Waals surface area (Å²) < 4.78 is 60.1. The van der Waals surface area contributed by atoms with E-state index in [1.165, 1.54) is 18.2 Å². The number of rotatable bonds is 2. The number of hydrogen-bond acceptors (Lipinski definition) is 1. The zero-order chi connectivity index (χ0) is 10.8. The zero-order valence-corrected chi connectivity index (χ0v) is 7.42. The molecule has 0 aliphatic rings. The summed E-state index contributed by atoms with van der Waals surface area (Å²) in [6, 6.07) is 7.41. The Kier molecular flexibility index (Phi) is 3.04. The minimum Gasteiger partial charge on any atom is -0.183 e. The molecule has 0 atom stereocenters. The van der Waals surface area contributed by atoms with E-state index in [2.05, 4.69) is 6.07 Å². The van der Waals surface area contributed by atoms with Crippen LogP contribution in [0.1, 0.15) is 0 Å². The van der Waals surface area contributed by atoms with Gasteiger partial charge in [0.05, 0.1) is 0 Å². The Morgan fingerprint density at radius 2 is 1.79 bits per heavy atom. The predicted molar refractivity (Wildman–Crippen MR) is 42.1 cm³/mol. The summed E-state index contributed by atoms with van der Waals surface area (Å²) in [5, 5.41) is -4.76. The van der Waals surface area contributed by atoms with Gasteiger partial charge in [-0.15, -0.1) is 0 Å². The zero-order valence-electron chi connectivity index (χ0n) is 6.61. The molecule has 0 spiro atoms. The van der Waals surface area contributed by atoms with Crippen LogP contribution in [0.5, 0.6) is 0 Å². The molecule has 1 radical (unpaired) electrons. The van der Waals surface area contributed by atoms with Crippen LogP contribution in [0.4, 0.5) is 22.0 Å². The van der Waals surface area contributed by atoms with Crippen molar-refractivity contribution in [1.82, 2.24) is 0 Å². The van der Waals surface area contributed by atoms with E-state index in [4.69, 9.17) is 0 Å². The molecule has 1 aromatic carbocycles. The Hall–Kier alpha value is -0.780. The average Bonchev–Trinajstić information content (AvgIpc) is 2.03. The van der Waals surface area contributed by atoms with Gasteiger partial charge >= 0.3 is 11.4 Å². The molecule has 0 nitrogen and oxygen atoms in total. The Bertz CT molecular complexity index is 292. The van der Waals surface area contributed by atoms with Gasteiger partial charge in [0.1, 0.15) is 0 Å². The van der Waals surface area contributed by atoms with Crippen LogP contribution < -0.4 is 0 Å². The van der Waals surface area contributed by atoms with Gasteiger partial charge in [0.15, 0.2) is 0 Å². The Labute approximate surface area is 81.1 Å². The topological polar surface area (TPSA) is 0 Å². The van der Waals surface area contributed by atoms with Crippen LogP contribution in [0.25, 0.3) is 0 Å². The second kappa shape index (κ2) is 3.76. The molecule has 77 valence electrons. The van der Waals surface area contributed by atoms with Crippen LogP contribution in [0.3, 0.4) is 0 Å². The van der Waals surface area contributed by atoms with E-state index < -0.39 is 23.2 Å². The second-order valence-electron chi connectivity index (χ2n) is 2.36. The van der Waals surface area contributed by atoms with E-state index >= 15 is 0 Å². The summed E-state index contributed by atoms with van der Waals surface area (Å²) in [6.45, 7) is 0. The fraction of sp³-hybridized carbons (Fsp3) is 0.250. The van der Waals surface area contributed by atoms with E-state index in [-0.39, 0.29) is 4.90 Å². The normalized spacial score (nSPS) is 12.9. The van der Waals surface area contributed by atoms with Crippen LogP contribution >= 0.6 is 11.8 Å². The van der Waals surface area contributed by atoms with Crippen LogP contribution in [-0.2, 0) is 0 Å². The van der Waals surface area contributed by atoms with Crippen molar-refractivity contribution in [2.75, 3.05) is 0 Å². The minimum absolute atomic E-state index is 0.171. The maximum absolute atomic E-state index is 12.4. The van der Waals surface area contributed by atoms with E-state index in [1.54, 1.807) is 0 Å². The summed E-state index contributed by atoms with van der Waals surface area (Å²) in [5.74, 6) is 0. The monoisotopic (exact) mass is 227 g/mol. The SMILES string of the molecule is FC(F)(F)C(F)(F)Sc1c[c]ccc1.